The largest absolute Gasteiger partial charge is 0.524 e. The van der Waals surface area contributed by atoms with E-state index in [2.05, 4.69) is 4.74 Å². The van der Waals surface area contributed by atoms with Crippen LogP contribution in [-0.4, -0.2) is 10.9 Å². The summed E-state index contributed by atoms with van der Waals surface area (Å²) in [6, 6.07) is 4.35. The summed E-state index contributed by atoms with van der Waals surface area (Å²) in [7, 11) is 0. The minimum atomic E-state index is -4.78. The third kappa shape index (κ3) is 3.10. The molecule has 7 heteroatoms. The molecule has 0 aliphatic rings. The lowest BCUT2D eigenvalue weighted by molar-refractivity contribution is -0.352. The van der Waals surface area contributed by atoms with Gasteiger partial charge < -0.3 is 4.57 Å². The molecule has 0 saturated heterocycles. The van der Waals surface area contributed by atoms with Gasteiger partial charge in [0.25, 0.3) is 0 Å². The molecule has 1 rings (SSSR count). The van der Waals surface area contributed by atoms with Crippen molar-refractivity contribution in [2.24, 2.45) is 0 Å². The first-order valence-corrected chi connectivity index (χ1v) is 4.25. The highest BCUT2D eigenvalue weighted by Crippen LogP contribution is 2.22. The monoisotopic (exact) mass is 231 g/mol. The first-order valence-electron chi connectivity index (χ1n) is 4.25. The SMILES string of the molecule is CC(OC(F)(F)F)n1cc(C#N)ccc1=N. The number of nitrogens with one attached hydrogen (secondary N) is 1. The zero-order valence-corrected chi connectivity index (χ0v) is 8.25. The number of nitrogens with zero attached hydrogens (tertiary/aromatic N) is 2. The van der Waals surface area contributed by atoms with Crippen LogP contribution in [0.4, 0.5) is 13.2 Å². The van der Waals surface area contributed by atoms with Crippen LogP contribution in [0.15, 0.2) is 18.3 Å². The van der Waals surface area contributed by atoms with Crippen LogP contribution in [0.25, 0.3) is 0 Å². The Bertz CT molecular complexity index is 472. The van der Waals surface area contributed by atoms with E-state index in [-0.39, 0.29) is 11.1 Å². The van der Waals surface area contributed by atoms with E-state index in [1.165, 1.54) is 12.1 Å². The van der Waals surface area contributed by atoms with Gasteiger partial charge in [-0.05, 0) is 19.1 Å². The van der Waals surface area contributed by atoms with Crippen molar-refractivity contribution in [2.45, 2.75) is 19.5 Å². The molecular weight excluding hydrogens is 223 g/mol. The van der Waals surface area contributed by atoms with Gasteiger partial charge in [-0.25, -0.2) is 0 Å². The van der Waals surface area contributed by atoms with Crippen LogP contribution in [0.1, 0.15) is 18.7 Å². The maximum Gasteiger partial charge on any atom is 0.524 e. The Kier molecular flexibility index (Phi) is 3.34. The lowest BCUT2D eigenvalue weighted by atomic mass is 10.3. The fourth-order valence-electron chi connectivity index (χ4n) is 1.13. The topological polar surface area (TPSA) is 61.8 Å². The van der Waals surface area contributed by atoms with E-state index in [0.717, 1.165) is 17.7 Å². The summed E-state index contributed by atoms with van der Waals surface area (Å²) in [5.74, 6) is 0. The molecule has 0 bridgehead atoms. The fraction of sp³-hybridized carbons (Fsp3) is 0.333. The van der Waals surface area contributed by atoms with Gasteiger partial charge in [-0.1, -0.05) is 0 Å². The number of nitriles is 1. The molecule has 86 valence electrons. The van der Waals surface area contributed by atoms with Gasteiger partial charge in [-0.2, -0.15) is 5.26 Å². The number of hydrogen-bond donors (Lipinski definition) is 1. The maximum atomic E-state index is 11.9. The zero-order valence-electron chi connectivity index (χ0n) is 8.25. The molecule has 1 heterocycles. The van der Waals surface area contributed by atoms with Gasteiger partial charge in [0.1, 0.15) is 17.8 Å². The quantitative estimate of drug-likeness (QED) is 0.844. The van der Waals surface area contributed by atoms with Crippen LogP contribution < -0.4 is 5.49 Å². The number of ether oxygens (including phenoxy) is 1. The molecule has 0 aliphatic heterocycles. The predicted octanol–water partition coefficient (Wildman–Crippen LogP) is 1.89. The second kappa shape index (κ2) is 4.37. The Morgan fingerprint density at radius 2 is 2.12 bits per heavy atom. The van der Waals surface area contributed by atoms with E-state index in [4.69, 9.17) is 10.7 Å². The van der Waals surface area contributed by atoms with Gasteiger partial charge in [0.15, 0.2) is 0 Å². The normalized spacial score (nSPS) is 13.2. The summed E-state index contributed by atoms with van der Waals surface area (Å²) in [6.07, 6.45) is -5.03. The molecule has 0 radical (unpaired) electrons. The molecule has 16 heavy (non-hydrogen) atoms. The molecule has 0 amide bonds. The van der Waals surface area contributed by atoms with Gasteiger partial charge in [-0.3, -0.25) is 10.1 Å². The average Bonchev–Trinajstić information content (AvgIpc) is 2.15. The highest BCUT2D eigenvalue weighted by atomic mass is 19.4. The molecule has 4 nitrogen and oxygen atoms in total. The molecule has 1 aromatic rings. The van der Waals surface area contributed by atoms with E-state index in [1.54, 1.807) is 6.07 Å². The van der Waals surface area contributed by atoms with Crippen LogP contribution in [0, 0.1) is 16.7 Å². The highest BCUT2D eigenvalue weighted by molar-refractivity contribution is 5.24. The number of alkyl halides is 3. The highest BCUT2D eigenvalue weighted by Gasteiger charge is 2.32. The smallest absolute Gasteiger partial charge is 0.305 e. The molecular formula is C9H8F3N3O. The summed E-state index contributed by atoms with van der Waals surface area (Å²) in [5, 5.41) is 16.0. The van der Waals surface area contributed by atoms with Crippen molar-refractivity contribution in [3.05, 3.63) is 29.4 Å². The molecule has 1 atom stereocenters. The fourth-order valence-corrected chi connectivity index (χ4v) is 1.13. The molecule has 0 aliphatic carbocycles. The van der Waals surface area contributed by atoms with Gasteiger partial charge in [0.05, 0.1) is 5.56 Å². The molecule has 0 fully saturated rings. The molecule has 1 N–H and O–H groups in total. The number of aromatic nitrogens is 1. The van der Waals surface area contributed by atoms with Gasteiger partial charge in [-0.15, -0.1) is 13.2 Å². The van der Waals surface area contributed by atoms with E-state index in [9.17, 15) is 13.2 Å². The minimum absolute atomic E-state index is 0.161. The van der Waals surface area contributed by atoms with Crippen LogP contribution in [0.5, 0.6) is 0 Å². The summed E-state index contributed by atoms with van der Waals surface area (Å²) in [5.41, 5.74) is -0.00984. The van der Waals surface area contributed by atoms with Crippen molar-refractivity contribution >= 4 is 0 Å². The van der Waals surface area contributed by atoms with Crippen molar-refractivity contribution in [2.75, 3.05) is 0 Å². The number of halogens is 3. The summed E-state index contributed by atoms with van der Waals surface area (Å²) >= 11 is 0. The van der Waals surface area contributed by atoms with Gasteiger partial charge in [0, 0.05) is 6.20 Å². The zero-order chi connectivity index (χ0) is 12.3. The van der Waals surface area contributed by atoms with Crippen molar-refractivity contribution in [1.29, 1.82) is 10.7 Å². The minimum Gasteiger partial charge on any atom is -0.305 e. The molecule has 1 unspecified atom stereocenters. The lowest BCUT2D eigenvalue weighted by Gasteiger charge is -2.18. The Balaban J connectivity index is 3.04. The predicted molar refractivity (Wildman–Crippen MR) is 46.9 cm³/mol. The maximum absolute atomic E-state index is 11.9. The van der Waals surface area contributed by atoms with Crippen molar-refractivity contribution in [1.82, 2.24) is 4.57 Å². The van der Waals surface area contributed by atoms with E-state index in [1.807, 2.05) is 0 Å². The van der Waals surface area contributed by atoms with E-state index >= 15 is 0 Å². The van der Waals surface area contributed by atoms with E-state index < -0.39 is 12.6 Å². The first kappa shape index (κ1) is 12.3. The van der Waals surface area contributed by atoms with Crippen LogP contribution in [0.2, 0.25) is 0 Å². The molecule has 0 spiro atoms. The van der Waals surface area contributed by atoms with Crippen molar-refractivity contribution in [3.63, 3.8) is 0 Å². The Morgan fingerprint density at radius 1 is 1.50 bits per heavy atom. The number of pyridine rings is 1. The van der Waals surface area contributed by atoms with Crippen molar-refractivity contribution < 1.29 is 17.9 Å². The number of rotatable bonds is 2. The molecule has 0 aromatic carbocycles. The van der Waals surface area contributed by atoms with Crippen LogP contribution >= 0.6 is 0 Å². The Labute approximate surface area is 89.0 Å². The second-order valence-corrected chi connectivity index (χ2v) is 2.98. The molecule has 1 aromatic heterocycles. The second-order valence-electron chi connectivity index (χ2n) is 2.98. The third-order valence-electron chi connectivity index (χ3n) is 1.80. The third-order valence-corrected chi connectivity index (χ3v) is 1.80. The Hall–Kier alpha value is -1.81. The Morgan fingerprint density at radius 3 is 2.62 bits per heavy atom. The summed E-state index contributed by atoms with van der Waals surface area (Å²) < 4.78 is 40.5. The number of hydrogen-bond acceptors (Lipinski definition) is 3. The van der Waals surface area contributed by atoms with Crippen molar-refractivity contribution in [3.8, 4) is 6.07 Å². The van der Waals surface area contributed by atoms with E-state index in [0.29, 0.717) is 0 Å². The lowest BCUT2D eigenvalue weighted by Crippen LogP contribution is -2.28. The molecule has 0 saturated carbocycles. The summed E-state index contributed by atoms with van der Waals surface area (Å²) in [6.45, 7) is 1.15. The van der Waals surface area contributed by atoms with Crippen LogP contribution in [0.3, 0.4) is 0 Å². The van der Waals surface area contributed by atoms with Crippen LogP contribution in [-0.2, 0) is 4.74 Å². The van der Waals surface area contributed by atoms with Gasteiger partial charge in [0.2, 0.25) is 0 Å². The standard InChI is InChI=1S/C9H8F3N3O/c1-6(16-9(10,11)12)15-5-7(4-13)2-3-8(15)14/h2-3,5-6,14H,1H3. The van der Waals surface area contributed by atoms with Gasteiger partial charge >= 0.3 is 6.36 Å². The summed E-state index contributed by atoms with van der Waals surface area (Å²) in [4.78, 5) is 0. The first-order chi connectivity index (χ1) is 7.33. The average molecular weight is 231 g/mol.